The molecule has 1 N–H and O–H groups in total. The second-order valence-electron chi connectivity index (χ2n) is 4.39. The van der Waals surface area contributed by atoms with Crippen LogP contribution in [0.1, 0.15) is 15.4 Å². The summed E-state index contributed by atoms with van der Waals surface area (Å²) < 4.78 is 18.2. The van der Waals surface area contributed by atoms with Crippen LogP contribution in [0.15, 0.2) is 51.0 Å². The molecule has 0 fully saturated rings. The van der Waals surface area contributed by atoms with Gasteiger partial charge in [-0.1, -0.05) is 6.07 Å². The van der Waals surface area contributed by atoms with E-state index in [0.29, 0.717) is 11.9 Å². The van der Waals surface area contributed by atoms with E-state index in [9.17, 15) is 14.0 Å². The van der Waals surface area contributed by atoms with E-state index >= 15 is 0 Å². The predicted molar refractivity (Wildman–Crippen MR) is 77.9 cm³/mol. The van der Waals surface area contributed by atoms with Crippen molar-refractivity contribution < 1.29 is 13.6 Å². The number of fused-ring (bicyclic) bond motifs is 1. The van der Waals surface area contributed by atoms with Gasteiger partial charge in [0.1, 0.15) is 5.82 Å². The van der Waals surface area contributed by atoms with Crippen LogP contribution in [0.5, 0.6) is 0 Å². The minimum atomic E-state index is -0.659. The van der Waals surface area contributed by atoms with Crippen LogP contribution in [-0.4, -0.2) is 5.91 Å². The van der Waals surface area contributed by atoms with Crippen molar-refractivity contribution in [2.75, 3.05) is 0 Å². The standard InChI is InChI=1S/C15H10FNO3S/c16-10-3-4-12-9(6-10)7-13(20-15(12)19)14(18)17-8-11-2-1-5-21-11/h1-7H,8H2,(H,17,18). The molecule has 0 atom stereocenters. The molecule has 0 aliphatic rings. The number of benzene rings is 1. The number of rotatable bonds is 3. The van der Waals surface area contributed by atoms with Gasteiger partial charge in [-0.15, -0.1) is 11.3 Å². The third-order valence-electron chi connectivity index (χ3n) is 2.95. The Morgan fingerprint density at radius 2 is 2.14 bits per heavy atom. The highest BCUT2D eigenvalue weighted by Crippen LogP contribution is 2.14. The smallest absolute Gasteiger partial charge is 0.344 e. The summed E-state index contributed by atoms with van der Waals surface area (Å²) in [5, 5.41) is 5.14. The Kier molecular flexibility index (Phi) is 3.53. The highest BCUT2D eigenvalue weighted by atomic mass is 32.1. The molecular weight excluding hydrogens is 293 g/mol. The van der Waals surface area contributed by atoms with Crippen LogP contribution in [-0.2, 0) is 6.54 Å². The monoisotopic (exact) mass is 303 g/mol. The number of carbonyl (C=O) groups excluding carboxylic acids is 1. The van der Waals surface area contributed by atoms with Gasteiger partial charge in [0, 0.05) is 4.88 Å². The minimum Gasteiger partial charge on any atom is -0.417 e. The molecule has 3 aromatic rings. The van der Waals surface area contributed by atoms with Crippen LogP contribution >= 0.6 is 11.3 Å². The molecular formula is C15H10FNO3S. The largest absolute Gasteiger partial charge is 0.417 e. The van der Waals surface area contributed by atoms with Crippen molar-refractivity contribution in [3.63, 3.8) is 0 Å². The number of nitrogens with one attached hydrogen (secondary N) is 1. The minimum absolute atomic E-state index is 0.130. The maximum Gasteiger partial charge on any atom is 0.344 e. The maximum atomic E-state index is 13.2. The summed E-state index contributed by atoms with van der Waals surface area (Å²) >= 11 is 1.51. The third-order valence-corrected chi connectivity index (χ3v) is 3.83. The summed E-state index contributed by atoms with van der Waals surface area (Å²) in [6.45, 7) is 0.349. The van der Waals surface area contributed by atoms with Crippen LogP contribution in [0.25, 0.3) is 10.8 Å². The van der Waals surface area contributed by atoms with Crippen LogP contribution in [0, 0.1) is 5.82 Å². The predicted octanol–water partition coefficient (Wildman–Crippen LogP) is 2.92. The first-order valence-corrected chi connectivity index (χ1v) is 7.05. The fourth-order valence-electron chi connectivity index (χ4n) is 1.94. The molecule has 1 aromatic carbocycles. The Hall–Kier alpha value is -2.47. The number of amides is 1. The topological polar surface area (TPSA) is 59.3 Å². The van der Waals surface area contributed by atoms with Gasteiger partial charge >= 0.3 is 5.63 Å². The first kappa shape index (κ1) is 13.5. The molecule has 0 aliphatic heterocycles. The number of hydrogen-bond donors (Lipinski definition) is 1. The lowest BCUT2D eigenvalue weighted by atomic mass is 10.1. The maximum absolute atomic E-state index is 13.2. The van der Waals surface area contributed by atoms with Gasteiger partial charge in [0.05, 0.1) is 11.9 Å². The van der Waals surface area contributed by atoms with Gasteiger partial charge in [0.25, 0.3) is 5.91 Å². The summed E-state index contributed by atoms with van der Waals surface area (Å²) in [6.07, 6.45) is 0. The van der Waals surface area contributed by atoms with Crippen molar-refractivity contribution >= 4 is 28.0 Å². The molecule has 6 heteroatoms. The normalized spacial score (nSPS) is 10.7. The van der Waals surface area contributed by atoms with Crippen LogP contribution in [0.3, 0.4) is 0 Å². The molecule has 0 unspecified atom stereocenters. The Labute approximate surface area is 122 Å². The summed E-state index contributed by atoms with van der Waals surface area (Å²) in [5.41, 5.74) is -0.659. The van der Waals surface area contributed by atoms with Gasteiger partial charge in [-0.3, -0.25) is 4.79 Å². The van der Waals surface area contributed by atoms with Gasteiger partial charge in [-0.25, -0.2) is 9.18 Å². The molecule has 3 rings (SSSR count). The van der Waals surface area contributed by atoms with Crippen LogP contribution in [0.4, 0.5) is 4.39 Å². The zero-order valence-electron chi connectivity index (χ0n) is 10.8. The zero-order chi connectivity index (χ0) is 14.8. The van der Waals surface area contributed by atoms with Crippen LogP contribution < -0.4 is 10.9 Å². The molecule has 0 saturated heterocycles. The number of halogens is 1. The van der Waals surface area contributed by atoms with E-state index in [0.717, 1.165) is 4.88 Å². The second kappa shape index (κ2) is 5.49. The molecule has 4 nitrogen and oxygen atoms in total. The highest BCUT2D eigenvalue weighted by molar-refractivity contribution is 7.09. The molecule has 0 aliphatic carbocycles. The van der Waals surface area contributed by atoms with E-state index in [-0.39, 0.29) is 11.1 Å². The molecule has 0 radical (unpaired) electrons. The quantitative estimate of drug-likeness (QED) is 0.809. The average molecular weight is 303 g/mol. The zero-order valence-corrected chi connectivity index (χ0v) is 11.6. The van der Waals surface area contributed by atoms with E-state index in [2.05, 4.69) is 5.32 Å². The van der Waals surface area contributed by atoms with Crippen molar-refractivity contribution in [1.82, 2.24) is 5.32 Å². The fraction of sp³-hybridized carbons (Fsp3) is 0.0667. The van der Waals surface area contributed by atoms with Crippen molar-refractivity contribution in [2.45, 2.75) is 6.54 Å². The third kappa shape index (κ3) is 2.85. The number of thiophene rings is 1. The van der Waals surface area contributed by atoms with Gasteiger partial charge < -0.3 is 9.73 Å². The van der Waals surface area contributed by atoms with Crippen molar-refractivity contribution in [3.05, 3.63) is 68.7 Å². The summed E-state index contributed by atoms with van der Waals surface area (Å²) in [6, 6.07) is 8.84. The van der Waals surface area contributed by atoms with Gasteiger partial charge in [-0.2, -0.15) is 0 Å². The number of hydrogen-bond acceptors (Lipinski definition) is 4. The SMILES string of the molecule is O=C(NCc1cccs1)c1cc2cc(F)ccc2c(=O)o1. The summed E-state index contributed by atoms with van der Waals surface area (Å²) in [4.78, 5) is 24.8. The first-order chi connectivity index (χ1) is 10.1. The molecule has 0 spiro atoms. The average Bonchev–Trinajstić information content (AvgIpc) is 2.97. The lowest BCUT2D eigenvalue weighted by Gasteiger charge is -2.04. The molecule has 106 valence electrons. The molecule has 0 bridgehead atoms. The van der Waals surface area contributed by atoms with Crippen molar-refractivity contribution in [2.24, 2.45) is 0 Å². The molecule has 0 saturated carbocycles. The van der Waals surface area contributed by atoms with E-state index in [4.69, 9.17) is 4.42 Å². The Bertz CT molecular complexity index is 855. The first-order valence-electron chi connectivity index (χ1n) is 6.17. The summed E-state index contributed by atoms with van der Waals surface area (Å²) in [7, 11) is 0. The van der Waals surface area contributed by atoms with E-state index in [1.807, 2.05) is 17.5 Å². The lowest BCUT2D eigenvalue weighted by molar-refractivity contribution is 0.0919. The Morgan fingerprint density at radius 1 is 1.29 bits per heavy atom. The van der Waals surface area contributed by atoms with Gasteiger partial charge in [0.15, 0.2) is 5.76 Å². The molecule has 1 amide bonds. The molecule has 21 heavy (non-hydrogen) atoms. The lowest BCUT2D eigenvalue weighted by Crippen LogP contribution is -2.23. The fourth-order valence-corrected chi connectivity index (χ4v) is 2.59. The van der Waals surface area contributed by atoms with Gasteiger partial charge in [-0.05, 0) is 41.1 Å². The molecule has 2 aromatic heterocycles. The highest BCUT2D eigenvalue weighted by Gasteiger charge is 2.12. The van der Waals surface area contributed by atoms with E-state index in [1.165, 1.54) is 35.6 Å². The Balaban J connectivity index is 1.89. The van der Waals surface area contributed by atoms with E-state index < -0.39 is 17.3 Å². The second-order valence-corrected chi connectivity index (χ2v) is 5.42. The summed E-state index contributed by atoms with van der Waals surface area (Å²) in [5.74, 6) is -1.11. The van der Waals surface area contributed by atoms with Crippen molar-refractivity contribution in [3.8, 4) is 0 Å². The van der Waals surface area contributed by atoms with Crippen LogP contribution in [0.2, 0.25) is 0 Å². The Morgan fingerprint density at radius 3 is 2.90 bits per heavy atom. The van der Waals surface area contributed by atoms with Crippen molar-refractivity contribution in [1.29, 1.82) is 0 Å². The van der Waals surface area contributed by atoms with E-state index in [1.54, 1.807) is 0 Å². The number of carbonyl (C=O) groups is 1. The van der Waals surface area contributed by atoms with Gasteiger partial charge in [0.2, 0.25) is 0 Å². The molecule has 2 heterocycles.